The Labute approximate surface area is 430 Å². The molecule has 0 radical (unpaired) electrons. The fourth-order valence-corrected chi connectivity index (χ4v) is 7.58. The molecule has 0 rings (SSSR count). The maximum absolute atomic E-state index is 12.8. The van der Waals surface area contributed by atoms with Crippen molar-refractivity contribution in [3.05, 3.63) is 85.1 Å². The summed E-state index contributed by atoms with van der Waals surface area (Å²) in [4.78, 5) is 37.2. The molecule has 9 nitrogen and oxygen atoms in total. The number of hydrogen-bond donors (Lipinski definition) is 0. The average Bonchev–Trinajstić information content (AvgIpc) is 3.33. The summed E-state index contributed by atoms with van der Waals surface area (Å²) in [5.41, 5.74) is 0. The molecule has 9 heteroatoms. The van der Waals surface area contributed by atoms with Crippen LogP contribution in [-0.2, 0) is 33.3 Å². The second-order valence-electron chi connectivity index (χ2n) is 19.9. The van der Waals surface area contributed by atoms with Crippen LogP contribution in [0.25, 0.3) is 0 Å². The summed E-state index contributed by atoms with van der Waals surface area (Å²) in [7, 11) is 5.90. The number of carboxylic acid groups (broad SMARTS) is 1. The summed E-state index contributed by atoms with van der Waals surface area (Å²) >= 11 is 0. The van der Waals surface area contributed by atoms with Crippen molar-refractivity contribution in [1.29, 1.82) is 0 Å². The molecule has 2 unspecified atom stereocenters. The second-order valence-corrected chi connectivity index (χ2v) is 19.9. The molecular weight excluding hydrogens is 875 g/mol. The third kappa shape index (κ3) is 52.3. The Morgan fingerprint density at radius 3 is 1.20 bits per heavy atom. The molecule has 0 fully saturated rings. The zero-order chi connectivity index (χ0) is 51.3. The molecule has 70 heavy (non-hydrogen) atoms. The van der Waals surface area contributed by atoms with E-state index in [2.05, 4.69) is 98.9 Å². The molecule has 0 saturated carbocycles. The number of unbranched alkanes of at least 4 members (excludes halogenated alkanes) is 22. The van der Waals surface area contributed by atoms with E-state index in [0.29, 0.717) is 23.9 Å². The van der Waals surface area contributed by atoms with Crippen LogP contribution in [0.2, 0.25) is 0 Å². The van der Waals surface area contributed by atoms with Gasteiger partial charge in [0, 0.05) is 12.8 Å². The van der Waals surface area contributed by atoms with Gasteiger partial charge in [-0.05, 0) is 64.2 Å². The molecule has 2 atom stereocenters. The molecule has 0 aliphatic carbocycles. The first-order chi connectivity index (χ1) is 34.1. The number of aliphatic carboxylic acids is 1. The van der Waals surface area contributed by atoms with E-state index in [0.717, 1.165) is 64.2 Å². The normalized spacial score (nSPS) is 13.4. The van der Waals surface area contributed by atoms with Gasteiger partial charge >= 0.3 is 11.9 Å². The number of carbonyl (C=O) groups excluding carboxylic acids is 3. The van der Waals surface area contributed by atoms with Gasteiger partial charge in [-0.1, -0.05) is 234 Å². The molecule has 0 aromatic carbocycles. The van der Waals surface area contributed by atoms with E-state index in [-0.39, 0.29) is 38.6 Å². The maximum Gasteiger partial charge on any atom is 0.306 e. The van der Waals surface area contributed by atoms with Crippen molar-refractivity contribution in [1.82, 2.24) is 0 Å². The molecule has 0 N–H and O–H groups in total. The topological polar surface area (TPSA) is 111 Å². The Morgan fingerprint density at radius 2 is 0.814 bits per heavy atom. The monoisotopic (exact) mass is 980 g/mol. The summed E-state index contributed by atoms with van der Waals surface area (Å²) in [6.07, 6.45) is 64.9. The SMILES string of the molecule is CC/C=C\C/C=C\C/C=C\C/C=C\C/C=C\C/C=C\C/C=C\CCCC(=O)OC(COC(=O)CCCCCCCCCCCCCCCCCCCCCCCC)COC(OCC[N+](C)(C)C)C(=O)[O-]. The van der Waals surface area contributed by atoms with Crippen molar-refractivity contribution in [3.8, 4) is 0 Å². The van der Waals surface area contributed by atoms with E-state index in [1.807, 2.05) is 21.1 Å². The van der Waals surface area contributed by atoms with Crippen LogP contribution in [0.1, 0.15) is 226 Å². The number of ether oxygens (including phenoxy) is 4. The van der Waals surface area contributed by atoms with Crippen molar-refractivity contribution in [2.24, 2.45) is 0 Å². The highest BCUT2D eigenvalue weighted by Crippen LogP contribution is 2.16. The molecule has 0 amide bonds. The molecule has 0 aromatic heterocycles. The van der Waals surface area contributed by atoms with Gasteiger partial charge in [0.05, 0.1) is 40.3 Å². The van der Waals surface area contributed by atoms with E-state index >= 15 is 0 Å². The summed E-state index contributed by atoms with van der Waals surface area (Å²) in [6.45, 7) is 4.58. The molecule has 0 spiro atoms. The maximum atomic E-state index is 12.8. The quantitative estimate of drug-likeness (QED) is 0.0195. The zero-order valence-electron chi connectivity index (χ0n) is 45.6. The smallest absolute Gasteiger partial charge is 0.306 e. The number of carboxylic acids is 1. The standard InChI is InChI=1S/C61H105NO8/c1-6-8-10-12-14-16-18-20-22-24-26-28-30-32-34-36-38-40-42-44-46-48-50-52-59(64)70-57(56-69-61(60(65)66)67-54-53-62(3,4)5)55-68-58(63)51-49-47-45-43-41-39-37-35-33-31-29-27-25-23-21-19-17-15-13-11-9-7-2/h8,10,14,16,20,22,26,28,32,34,38,40,44,46,57,61H,6-7,9,11-13,15,17-19,21,23-25,27,29-31,33,35-37,39,41-43,45,47-56H2,1-5H3/b10-8-,16-14-,22-20-,28-26-,34-32-,40-38-,46-44-. The molecule has 0 bridgehead atoms. The summed E-state index contributed by atoms with van der Waals surface area (Å²) in [5.74, 6) is -2.36. The lowest BCUT2D eigenvalue weighted by atomic mass is 10.0. The third-order valence-electron chi connectivity index (χ3n) is 11.9. The minimum Gasteiger partial charge on any atom is -0.545 e. The summed E-state index contributed by atoms with van der Waals surface area (Å²) < 4.78 is 22.6. The summed E-state index contributed by atoms with van der Waals surface area (Å²) in [6, 6.07) is 0. The number of rotatable bonds is 51. The van der Waals surface area contributed by atoms with Gasteiger partial charge < -0.3 is 33.3 Å². The first kappa shape index (κ1) is 66.5. The Morgan fingerprint density at radius 1 is 0.443 bits per heavy atom. The predicted octanol–water partition coefficient (Wildman–Crippen LogP) is 15.1. The molecule has 0 heterocycles. The number of nitrogens with zero attached hydrogens (tertiary/aromatic N) is 1. The molecule has 402 valence electrons. The van der Waals surface area contributed by atoms with Crippen molar-refractivity contribution < 1.29 is 42.9 Å². The van der Waals surface area contributed by atoms with Gasteiger partial charge in [-0.2, -0.15) is 0 Å². The van der Waals surface area contributed by atoms with E-state index in [1.165, 1.54) is 122 Å². The van der Waals surface area contributed by atoms with Gasteiger partial charge in [-0.3, -0.25) is 9.59 Å². The van der Waals surface area contributed by atoms with E-state index in [4.69, 9.17) is 18.9 Å². The highest BCUT2D eigenvalue weighted by Gasteiger charge is 2.21. The van der Waals surface area contributed by atoms with Crippen LogP contribution in [0, 0.1) is 0 Å². The third-order valence-corrected chi connectivity index (χ3v) is 11.9. The van der Waals surface area contributed by atoms with Crippen molar-refractivity contribution in [2.45, 2.75) is 238 Å². The van der Waals surface area contributed by atoms with Crippen LogP contribution in [0.4, 0.5) is 0 Å². The molecule has 0 saturated heterocycles. The van der Waals surface area contributed by atoms with Gasteiger partial charge in [-0.15, -0.1) is 0 Å². The lowest BCUT2D eigenvalue weighted by Crippen LogP contribution is -2.44. The average molecular weight is 981 g/mol. The van der Waals surface area contributed by atoms with Crippen LogP contribution in [0.3, 0.4) is 0 Å². The summed E-state index contributed by atoms with van der Waals surface area (Å²) in [5, 5.41) is 11.8. The minimum absolute atomic E-state index is 0.134. The van der Waals surface area contributed by atoms with Gasteiger partial charge in [0.15, 0.2) is 12.4 Å². The van der Waals surface area contributed by atoms with Gasteiger partial charge in [0.2, 0.25) is 0 Å². The van der Waals surface area contributed by atoms with Crippen LogP contribution in [0.15, 0.2) is 85.1 Å². The number of hydrogen-bond acceptors (Lipinski definition) is 8. The molecule has 0 aromatic rings. The second kappa shape index (κ2) is 51.8. The van der Waals surface area contributed by atoms with Crippen molar-refractivity contribution in [3.63, 3.8) is 0 Å². The van der Waals surface area contributed by atoms with E-state index in [1.54, 1.807) is 0 Å². The Kier molecular flexibility index (Phi) is 49.2. The predicted molar refractivity (Wildman–Crippen MR) is 292 cm³/mol. The number of likely N-dealkylation sites (N-methyl/N-ethyl adjacent to an activating group) is 1. The number of quaternary nitrogens is 1. The zero-order valence-corrected chi connectivity index (χ0v) is 45.6. The van der Waals surface area contributed by atoms with Crippen LogP contribution in [-0.4, -0.2) is 82.3 Å². The first-order valence-electron chi connectivity index (χ1n) is 28.2. The highest BCUT2D eigenvalue weighted by atomic mass is 16.7. The van der Waals surface area contributed by atoms with Crippen LogP contribution < -0.4 is 5.11 Å². The number of esters is 2. The van der Waals surface area contributed by atoms with Crippen molar-refractivity contribution >= 4 is 17.9 Å². The van der Waals surface area contributed by atoms with Crippen molar-refractivity contribution in [2.75, 3.05) is 47.5 Å². The van der Waals surface area contributed by atoms with E-state index in [9.17, 15) is 19.5 Å². The van der Waals surface area contributed by atoms with E-state index < -0.39 is 24.3 Å². The minimum atomic E-state index is -1.64. The fourth-order valence-electron chi connectivity index (χ4n) is 7.58. The number of carbonyl (C=O) groups is 3. The molecule has 0 aliphatic rings. The van der Waals surface area contributed by atoms with Gasteiger partial charge in [-0.25, -0.2) is 0 Å². The first-order valence-corrected chi connectivity index (χ1v) is 28.2. The lowest BCUT2D eigenvalue weighted by Gasteiger charge is -2.26. The Balaban J connectivity index is 4.37. The molecular formula is C61H105NO8. The van der Waals surface area contributed by atoms with Gasteiger partial charge in [0.1, 0.15) is 13.2 Å². The van der Waals surface area contributed by atoms with Crippen LogP contribution in [0.5, 0.6) is 0 Å². The largest absolute Gasteiger partial charge is 0.545 e. The highest BCUT2D eigenvalue weighted by molar-refractivity contribution is 5.70. The number of allylic oxidation sites excluding steroid dienone is 14. The van der Waals surface area contributed by atoms with Crippen LogP contribution >= 0.6 is 0 Å². The Hall–Kier alpha value is -3.53. The lowest BCUT2D eigenvalue weighted by molar-refractivity contribution is -0.870. The van der Waals surface area contributed by atoms with Gasteiger partial charge in [0.25, 0.3) is 0 Å². The fraction of sp³-hybridized carbons (Fsp3) is 0.721. The molecule has 0 aliphatic heterocycles. The Bertz CT molecular complexity index is 1420.